The molecule has 30 heavy (non-hydrogen) atoms. The maximum absolute atomic E-state index is 13.1. The van der Waals surface area contributed by atoms with Crippen LogP contribution in [0.15, 0.2) is 47.6 Å². The second-order valence-electron chi connectivity index (χ2n) is 7.76. The molecular formula is C21H27N5O3S. The number of sulfonamides is 1. The summed E-state index contributed by atoms with van der Waals surface area (Å²) in [6.45, 7) is 2.45. The van der Waals surface area contributed by atoms with Crippen molar-refractivity contribution in [2.45, 2.75) is 37.0 Å². The molecule has 2 saturated heterocycles. The van der Waals surface area contributed by atoms with Crippen LogP contribution in [0.1, 0.15) is 32.1 Å². The van der Waals surface area contributed by atoms with Crippen molar-refractivity contribution in [1.82, 2.24) is 14.3 Å². The summed E-state index contributed by atoms with van der Waals surface area (Å²) in [7, 11) is -3.62. The molecule has 4 rings (SSSR count). The van der Waals surface area contributed by atoms with Gasteiger partial charge in [0.05, 0.1) is 5.69 Å². The van der Waals surface area contributed by atoms with E-state index in [1.54, 1.807) is 42.7 Å². The van der Waals surface area contributed by atoms with E-state index in [4.69, 9.17) is 0 Å². The molecule has 3 heterocycles. The summed E-state index contributed by atoms with van der Waals surface area (Å²) in [5, 5.41) is 2.89. The molecule has 9 heteroatoms. The van der Waals surface area contributed by atoms with Gasteiger partial charge in [-0.25, -0.2) is 18.4 Å². The highest BCUT2D eigenvalue weighted by Gasteiger charge is 2.30. The molecule has 1 aromatic heterocycles. The first-order valence-electron chi connectivity index (χ1n) is 10.5. The van der Waals surface area contributed by atoms with Crippen molar-refractivity contribution in [2.75, 3.05) is 36.4 Å². The fraction of sp³-hybridized carbons (Fsp3) is 0.476. The van der Waals surface area contributed by atoms with Crippen LogP contribution in [0, 0.1) is 5.92 Å². The first-order chi connectivity index (χ1) is 14.6. The van der Waals surface area contributed by atoms with E-state index in [-0.39, 0.29) is 16.7 Å². The largest absolute Gasteiger partial charge is 0.341 e. The zero-order valence-electron chi connectivity index (χ0n) is 16.9. The van der Waals surface area contributed by atoms with Crippen molar-refractivity contribution in [3.63, 3.8) is 0 Å². The summed E-state index contributed by atoms with van der Waals surface area (Å²) in [6, 6.07) is 8.47. The molecule has 1 N–H and O–H groups in total. The fourth-order valence-electron chi connectivity index (χ4n) is 4.07. The van der Waals surface area contributed by atoms with Gasteiger partial charge in [0.2, 0.25) is 21.9 Å². The van der Waals surface area contributed by atoms with Gasteiger partial charge in [-0.15, -0.1) is 0 Å². The third-order valence-corrected chi connectivity index (χ3v) is 7.74. The number of carbonyl (C=O) groups is 1. The third-order valence-electron chi connectivity index (χ3n) is 5.78. The number of piperidine rings is 2. The number of hydrogen-bond donors (Lipinski definition) is 1. The molecule has 0 bridgehead atoms. The third kappa shape index (κ3) is 4.46. The minimum absolute atomic E-state index is 0.134. The number of amides is 1. The van der Waals surface area contributed by atoms with Crippen LogP contribution >= 0.6 is 0 Å². The maximum atomic E-state index is 13.1. The summed E-state index contributed by atoms with van der Waals surface area (Å²) in [5.74, 6) is 0.370. The molecule has 0 atom stereocenters. The van der Waals surface area contributed by atoms with E-state index >= 15 is 0 Å². The predicted molar refractivity (Wildman–Crippen MR) is 115 cm³/mol. The van der Waals surface area contributed by atoms with E-state index in [0.717, 1.165) is 19.3 Å². The highest BCUT2D eigenvalue weighted by molar-refractivity contribution is 7.89. The van der Waals surface area contributed by atoms with Gasteiger partial charge >= 0.3 is 0 Å². The summed E-state index contributed by atoms with van der Waals surface area (Å²) < 4.78 is 27.8. The molecular weight excluding hydrogens is 402 g/mol. The Hall–Kier alpha value is -2.52. The van der Waals surface area contributed by atoms with E-state index in [1.165, 1.54) is 4.31 Å². The van der Waals surface area contributed by atoms with Gasteiger partial charge in [-0.2, -0.15) is 4.31 Å². The zero-order chi connectivity index (χ0) is 21.0. The van der Waals surface area contributed by atoms with Gasteiger partial charge in [-0.3, -0.25) is 4.79 Å². The number of nitrogens with one attached hydrogen (secondary N) is 1. The lowest BCUT2D eigenvalue weighted by atomic mass is 9.96. The normalized spacial score (nSPS) is 18.9. The van der Waals surface area contributed by atoms with Crippen LogP contribution in [0.25, 0.3) is 0 Å². The molecule has 2 fully saturated rings. The number of rotatable bonds is 5. The Kier molecular flexibility index (Phi) is 6.29. The van der Waals surface area contributed by atoms with Crippen molar-refractivity contribution in [3.8, 4) is 0 Å². The number of anilines is 2. The highest BCUT2D eigenvalue weighted by Crippen LogP contribution is 2.28. The maximum Gasteiger partial charge on any atom is 0.245 e. The number of para-hydroxylation sites is 1. The number of aromatic nitrogens is 2. The topological polar surface area (TPSA) is 95.5 Å². The predicted octanol–water partition coefficient (Wildman–Crippen LogP) is 2.51. The number of nitrogens with zero attached hydrogens (tertiary/aromatic N) is 4. The van der Waals surface area contributed by atoms with Crippen LogP contribution < -0.4 is 10.2 Å². The molecule has 1 amide bonds. The molecule has 160 valence electrons. The molecule has 2 aromatic rings. The van der Waals surface area contributed by atoms with Gasteiger partial charge in [-0.1, -0.05) is 18.6 Å². The Labute approximate surface area is 177 Å². The van der Waals surface area contributed by atoms with Crippen molar-refractivity contribution >= 4 is 27.6 Å². The number of hydrogen-bond acceptors (Lipinski definition) is 6. The first kappa shape index (κ1) is 20.7. The Morgan fingerprint density at radius 3 is 2.30 bits per heavy atom. The molecule has 8 nitrogen and oxygen atoms in total. The summed E-state index contributed by atoms with van der Waals surface area (Å²) >= 11 is 0. The van der Waals surface area contributed by atoms with E-state index in [1.807, 2.05) is 0 Å². The Morgan fingerprint density at radius 2 is 1.60 bits per heavy atom. The molecule has 2 aliphatic heterocycles. The molecule has 0 radical (unpaired) electrons. The van der Waals surface area contributed by atoms with Crippen LogP contribution in [-0.2, 0) is 14.8 Å². The van der Waals surface area contributed by atoms with Crippen LogP contribution in [0.5, 0.6) is 0 Å². The molecule has 1 aromatic carbocycles. The second kappa shape index (κ2) is 9.09. The molecule has 0 unspecified atom stereocenters. The van der Waals surface area contributed by atoms with Gasteiger partial charge < -0.3 is 10.2 Å². The minimum Gasteiger partial charge on any atom is -0.341 e. The fourth-order valence-corrected chi connectivity index (χ4v) is 5.73. The lowest BCUT2D eigenvalue weighted by molar-refractivity contribution is -0.120. The van der Waals surface area contributed by atoms with Crippen molar-refractivity contribution in [1.29, 1.82) is 0 Å². The van der Waals surface area contributed by atoms with Crippen molar-refractivity contribution < 1.29 is 13.2 Å². The first-order valence-corrected chi connectivity index (χ1v) is 11.9. The Balaban J connectivity index is 1.43. The minimum atomic E-state index is -3.62. The van der Waals surface area contributed by atoms with Crippen LogP contribution in [0.2, 0.25) is 0 Å². The van der Waals surface area contributed by atoms with Gasteiger partial charge in [0.25, 0.3) is 0 Å². The van der Waals surface area contributed by atoms with E-state index < -0.39 is 10.0 Å². The van der Waals surface area contributed by atoms with Crippen LogP contribution in [0.4, 0.5) is 11.6 Å². The Bertz CT molecular complexity index is 969. The highest BCUT2D eigenvalue weighted by atomic mass is 32.2. The second-order valence-corrected chi connectivity index (χ2v) is 9.67. The van der Waals surface area contributed by atoms with Gasteiger partial charge in [0.15, 0.2) is 0 Å². The number of carbonyl (C=O) groups excluding carboxylic acids is 1. The monoisotopic (exact) mass is 429 g/mol. The SMILES string of the molecule is O=C(Nc1ccccc1S(=O)(=O)N1CCCCC1)C1CCN(c2ncccn2)CC1. The summed E-state index contributed by atoms with van der Waals surface area (Å²) in [5.41, 5.74) is 0.363. The van der Waals surface area contributed by atoms with E-state index in [2.05, 4.69) is 20.2 Å². The zero-order valence-corrected chi connectivity index (χ0v) is 17.7. The van der Waals surface area contributed by atoms with E-state index in [9.17, 15) is 13.2 Å². The van der Waals surface area contributed by atoms with Crippen molar-refractivity contribution in [2.24, 2.45) is 5.92 Å². The molecule has 0 spiro atoms. The molecule has 2 aliphatic rings. The number of benzene rings is 1. The van der Waals surface area contributed by atoms with Crippen LogP contribution in [-0.4, -0.2) is 54.8 Å². The standard InChI is InChI=1S/C21H27N5O3S/c27-20(17-9-15-25(16-10-17)21-22-11-6-12-23-21)24-18-7-2-3-8-19(18)30(28,29)26-13-4-1-5-14-26/h2-3,6-8,11-12,17H,1,4-5,9-10,13-16H2,(H,24,27). The smallest absolute Gasteiger partial charge is 0.245 e. The summed E-state index contributed by atoms with van der Waals surface area (Å²) in [4.78, 5) is 23.7. The van der Waals surface area contributed by atoms with Gasteiger partial charge in [0.1, 0.15) is 4.90 Å². The van der Waals surface area contributed by atoms with Crippen LogP contribution in [0.3, 0.4) is 0 Å². The lowest BCUT2D eigenvalue weighted by Crippen LogP contribution is -2.39. The Morgan fingerprint density at radius 1 is 0.933 bits per heavy atom. The quantitative estimate of drug-likeness (QED) is 0.785. The average molecular weight is 430 g/mol. The van der Waals surface area contributed by atoms with E-state index in [0.29, 0.717) is 50.7 Å². The van der Waals surface area contributed by atoms with Gasteiger partial charge in [0, 0.05) is 44.5 Å². The summed E-state index contributed by atoms with van der Waals surface area (Å²) in [6.07, 6.45) is 7.56. The molecule has 0 saturated carbocycles. The molecule has 0 aliphatic carbocycles. The lowest BCUT2D eigenvalue weighted by Gasteiger charge is -2.31. The van der Waals surface area contributed by atoms with Crippen molar-refractivity contribution in [3.05, 3.63) is 42.7 Å². The van der Waals surface area contributed by atoms with Gasteiger partial charge in [-0.05, 0) is 43.9 Å². The average Bonchev–Trinajstić information content (AvgIpc) is 2.80.